The summed E-state index contributed by atoms with van der Waals surface area (Å²) < 4.78 is 2.00. The third-order valence-corrected chi connectivity index (χ3v) is 2.81. The number of aromatic nitrogens is 2. The molecule has 0 bridgehead atoms. The molecule has 2 aromatic rings. The van der Waals surface area contributed by atoms with E-state index < -0.39 is 6.10 Å². The molecule has 0 aliphatic carbocycles. The highest BCUT2D eigenvalue weighted by molar-refractivity contribution is 6.31. The van der Waals surface area contributed by atoms with E-state index in [4.69, 9.17) is 11.6 Å². The van der Waals surface area contributed by atoms with Crippen LogP contribution in [0.15, 0.2) is 18.2 Å². The van der Waals surface area contributed by atoms with Crippen LogP contribution in [0.4, 0.5) is 0 Å². The number of aliphatic hydroxyl groups is 1. The van der Waals surface area contributed by atoms with Gasteiger partial charge in [0.25, 0.3) is 0 Å². The highest BCUT2D eigenvalue weighted by atomic mass is 35.5. The molecule has 1 atom stereocenters. The van der Waals surface area contributed by atoms with Crippen LogP contribution in [0.2, 0.25) is 5.02 Å². The van der Waals surface area contributed by atoms with Gasteiger partial charge in [-0.1, -0.05) is 11.6 Å². The van der Waals surface area contributed by atoms with Crippen LogP contribution in [0, 0.1) is 0 Å². The summed E-state index contributed by atoms with van der Waals surface area (Å²) in [5.41, 5.74) is 1.86. The van der Waals surface area contributed by atoms with Crippen LogP contribution in [-0.4, -0.2) is 27.8 Å². The SMILES string of the molecule is CNCc1nc2ccc(Cl)cc2n1CC(C)O. The number of hydrogen-bond acceptors (Lipinski definition) is 3. The van der Waals surface area contributed by atoms with E-state index in [-0.39, 0.29) is 0 Å². The molecule has 4 nitrogen and oxygen atoms in total. The van der Waals surface area contributed by atoms with Gasteiger partial charge in [-0.25, -0.2) is 4.98 Å². The van der Waals surface area contributed by atoms with Crippen LogP contribution < -0.4 is 5.32 Å². The highest BCUT2D eigenvalue weighted by Gasteiger charge is 2.11. The molecule has 1 aromatic carbocycles. The van der Waals surface area contributed by atoms with Crippen LogP contribution in [0.3, 0.4) is 0 Å². The number of nitrogens with one attached hydrogen (secondary N) is 1. The maximum absolute atomic E-state index is 9.54. The largest absolute Gasteiger partial charge is 0.392 e. The predicted molar refractivity (Wildman–Crippen MR) is 69.2 cm³/mol. The molecule has 1 aromatic heterocycles. The summed E-state index contributed by atoms with van der Waals surface area (Å²) in [5, 5.41) is 13.3. The van der Waals surface area contributed by atoms with E-state index in [2.05, 4.69) is 10.3 Å². The number of hydrogen-bond donors (Lipinski definition) is 2. The van der Waals surface area contributed by atoms with Crippen LogP contribution in [-0.2, 0) is 13.1 Å². The predicted octanol–water partition coefficient (Wildman–Crippen LogP) is 1.79. The summed E-state index contributed by atoms with van der Waals surface area (Å²) in [4.78, 5) is 4.53. The Balaban J connectivity index is 2.55. The summed E-state index contributed by atoms with van der Waals surface area (Å²) in [6.07, 6.45) is -0.415. The van der Waals surface area contributed by atoms with E-state index in [1.807, 2.05) is 29.8 Å². The van der Waals surface area contributed by atoms with Gasteiger partial charge in [0, 0.05) is 5.02 Å². The van der Waals surface area contributed by atoms with Crippen molar-refractivity contribution in [3.63, 3.8) is 0 Å². The normalized spacial score (nSPS) is 13.2. The number of nitrogens with zero attached hydrogens (tertiary/aromatic N) is 2. The van der Waals surface area contributed by atoms with Crippen LogP contribution in [0.5, 0.6) is 0 Å². The number of imidazole rings is 1. The van der Waals surface area contributed by atoms with Crippen molar-refractivity contribution in [2.24, 2.45) is 0 Å². The van der Waals surface area contributed by atoms with E-state index in [0.29, 0.717) is 18.1 Å². The fraction of sp³-hybridized carbons (Fsp3) is 0.417. The van der Waals surface area contributed by atoms with E-state index in [1.165, 1.54) is 0 Å². The third kappa shape index (κ3) is 2.60. The zero-order valence-corrected chi connectivity index (χ0v) is 10.7. The van der Waals surface area contributed by atoms with Crippen LogP contribution >= 0.6 is 11.6 Å². The smallest absolute Gasteiger partial charge is 0.123 e. The van der Waals surface area contributed by atoms with Crippen molar-refractivity contribution in [1.29, 1.82) is 0 Å². The van der Waals surface area contributed by atoms with Crippen molar-refractivity contribution in [2.75, 3.05) is 7.05 Å². The van der Waals surface area contributed by atoms with Crippen LogP contribution in [0.1, 0.15) is 12.7 Å². The molecule has 1 heterocycles. The molecule has 5 heteroatoms. The first-order chi connectivity index (χ1) is 8.11. The molecule has 0 radical (unpaired) electrons. The quantitative estimate of drug-likeness (QED) is 0.874. The molecule has 0 saturated heterocycles. The Morgan fingerprint density at radius 1 is 1.53 bits per heavy atom. The van der Waals surface area contributed by atoms with Gasteiger partial charge in [-0.05, 0) is 32.2 Å². The first-order valence-electron chi connectivity index (χ1n) is 5.59. The fourth-order valence-electron chi connectivity index (χ4n) is 1.91. The Morgan fingerprint density at radius 2 is 2.29 bits per heavy atom. The van der Waals surface area contributed by atoms with Gasteiger partial charge in [0.1, 0.15) is 5.82 Å². The molecule has 0 saturated carbocycles. The van der Waals surface area contributed by atoms with E-state index in [0.717, 1.165) is 16.9 Å². The zero-order chi connectivity index (χ0) is 12.4. The van der Waals surface area contributed by atoms with Crippen molar-refractivity contribution in [1.82, 2.24) is 14.9 Å². The van der Waals surface area contributed by atoms with Gasteiger partial charge in [-0.2, -0.15) is 0 Å². The Bertz CT molecular complexity index is 522. The lowest BCUT2D eigenvalue weighted by molar-refractivity contribution is 0.173. The third-order valence-electron chi connectivity index (χ3n) is 2.57. The maximum Gasteiger partial charge on any atom is 0.123 e. The lowest BCUT2D eigenvalue weighted by Crippen LogP contribution is -2.17. The Morgan fingerprint density at radius 3 is 2.94 bits per heavy atom. The lowest BCUT2D eigenvalue weighted by Gasteiger charge is -2.10. The number of fused-ring (bicyclic) bond motifs is 1. The second-order valence-corrected chi connectivity index (χ2v) is 4.59. The molecule has 92 valence electrons. The fourth-order valence-corrected chi connectivity index (χ4v) is 2.07. The minimum atomic E-state index is -0.415. The second kappa shape index (κ2) is 5.04. The van der Waals surface area contributed by atoms with Crippen LogP contribution in [0.25, 0.3) is 11.0 Å². The van der Waals surface area contributed by atoms with Gasteiger partial charge >= 0.3 is 0 Å². The van der Waals surface area contributed by atoms with Gasteiger partial charge < -0.3 is 15.0 Å². The van der Waals surface area contributed by atoms with Gasteiger partial charge in [0.2, 0.25) is 0 Å². The molecule has 1 unspecified atom stereocenters. The summed E-state index contributed by atoms with van der Waals surface area (Å²) in [7, 11) is 1.87. The van der Waals surface area contributed by atoms with Crippen molar-refractivity contribution < 1.29 is 5.11 Å². The highest BCUT2D eigenvalue weighted by Crippen LogP contribution is 2.21. The standard InChI is InChI=1S/C12H16ClN3O/c1-8(17)7-16-11-5-9(13)3-4-10(11)15-12(16)6-14-2/h3-5,8,14,17H,6-7H2,1-2H3. The minimum Gasteiger partial charge on any atom is -0.392 e. The Labute approximate surface area is 105 Å². The first-order valence-corrected chi connectivity index (χ1v) is 5.97. The molecule has 17 heavy (non-hydrogen) atoms. The maximum atomic E-state index is 9.54. The molecular weight excluding hydrogens is 238 g/mol. The number of benzene rings is 1. The molecular formula is C12H16ClN3O. The van der Waals surface area contributed by atoms with Crippen molar-refractivity contribution in [3.8, 4) is 0 Å². The lowest BCUT2D eigenvalue weighted by atomic mass is 10.3. The molecule has 0 spiro atoms. The molecule has 2 N–H and O–H groups in total. The van der Waals surface area contributed by atoms with Gasteiger partial charge in [-0.15, -0.1) is 0 Å². The Hall–Kier alpha value is -1.10. The number of aliphatic hydroxyl groups excluding tert-OH is 1. The van der Waals surface area contributed by atoms with Gasteiger partial charge in [0.05, 0.1) is 30.2 Å². The van der Waals surface area contributed by atoms with Gasteiger partial charge in [-0.3, -0.25) is 0 Å². The summed E-state index contributed by atoms with van der Waals surface area (Å²) >= 11 is 5.99. The van der Waals surface area contributed by atoms with Crippen molar-refractivity contribution >= 4 is 22.6 Å². The average Bonchev–Trinajstić information content (AvgIpc) is 2.57. The molecule has 0 amide bonds. The Kier molecular flexibility index (Phi) is 3.66. The number of rotatable bonds is 4. The summed E-state index contributed by atoms with van der Waals surface area (Å²) in [6.45, 7) is 2.95. The number of halogens is 1. The first kappa shape index (κ1) is 12.4. The van der Waals surface area contributed by atoms with Crippen molar-refractivity contribution in [2.45, 2.75) is 26.1 Å². The van der Waals surface area contributed by atoms with E-state index in [1.54, 1.807) is 6.92 Å². The zero-order valence-electron chi connectivity index (χ0n) is 9.94. The molecule has 0 aliphatic heterocycles. The van der Waals surface area contributed by atoms with E-state index >= 15 is 0 Å². The van der Waals surface area contributed by atoms with E-state index in [9.17, 15) is 5.11 Å². The monoisotopic (exact) mass is 253 g/mol. The second-order valence-electron chi connectivity index (χ2n) is 4.15. The molecule has 2 rings (SSSR count). The van der Waals surface area contributed by atoms with Gasteiger partial charge in [0.15, 0.2) is 0 Å². The summed E-state index contributed by atoms with van der Waals surface area (Å²) in [5.74, 6) is 0.908. The topological polar surface area (TPSA) is 50.1 Å². The molecule has 0 fully saturated rings. The summed E-state index contributed by atoms with van der Waals surface area (Å²) in [6, 6.07) is 5.60. The molecule has 0 aliphatic rings. The average molecular weight is 254 g/mol. The van der Waals surface area contributed by atoms with Crippen molar-refractivity contribution in [3.05, 3.63) is 29.0 Å². The minimum absolute atomic E-state index is 0.415.